The first-order chi connectivity index (χ1) is 16.0. The first-order valence-electron chi connectivity index (χ1n) is 10.6. The van der Waals surface area contributed by atoms with Crippen LogP contribution in [0.15, 0.2) is 66.7 Å². The molecule has 170 valence electrons. The van der Waals surface area contributed by atoms with Crippen LogP contribution in [0.1, 0.15) is 28.6 Å². The Bertz CT molecular complexity index is 1200. The number of rotatable bonds is 8. The number of phenols is 1. The van der Waals surface area contributed by atoms with E-state index in [1.807, 2.05) is 56.4 Å². The quantitative estimate of drug-likeness (QED) is 0.440. The molecule has 8 nitrogen and oxygen atoms in total. The van der Waals surface area contributed by atoms with Gasteiger partial charge in [-0.3, -0.25) is 4.90 Å². The van der Waals surface area contributed by atoms with Crippen LogP contribution in [0.25, 0.3) is 5.69 Å². The Hall–Kier alpha value is -3.91. The van der Waals surface area contributed by atoms with Crippen molar-refractivity contribution in [2.75, 3.05) is 21.3 Å². The highest BCUT2D eigenvalue weighted by atomic mass is 16.5. The Kier molecular flexibility index (Phi) is 6.55. The van der Waals surface area contributed by atoms with Gasteiger partial charge in [0.2, 0.25) is 5.75 Å². The number of ether oxygens (including phenoxy) is 2. The predicted octanol–water partition coefficient (Wildman–Crippen LogP) is 3.91. The number of phenolic OH excluding ortho intramolecular Hbond substituents is 1. The molecule has 0 saturated heterocycles. The van der Waals surface area contributed by atoms with E-state index in [2.05, 4.69) is 32.6 Å². The molecule has 0 spiro atoms. The van der Waals surface area contributed by atoms with Gasteiger partial charge in [-0.05, 0) is 59.3 Å². The average Bonchev–Trinajstić information content (AvgIpc) is 3.30. The fraction of sp³-hybridized carbons (Fsp3) is 0.240. The van der Waals surface area contributed by atoms with Crippen LogP contribution in [0.2, 0.25) is 0 Å². The third-order valence-corrected chi connectivity index (χ3v) is 5.61. The number of aromatic nitrogens is 4. The zero-order chi connectivity index (χ0) is 23.4. The molecule has 1 atom stereocenters. The molecule has 4 rings (SSSR count). The van der Waals surface area contributed by atoms with Gasteiger partial charge in [-0.15, -0.1) is 5.10 Å². The van der Waals surface area contributed by atoms with Gasteiger partial charge in [0.15, 0.2) is 17.3 Å². The van der Waals surface area contributed by atoms with E-state index < -0.39 is 0 Å². The van der Waals surface area contributed by atoms with Gasteiger partial charge in [0, 0.05) is 6.54 Å². The maximum atomic E-state index is 10.3. The lowest BCUT2D eigenvalue weighted by molar-refractivity contribution is 0.256. The van der Waals surface area contributed by atoms with Crippen molar-refractivity contribution in [3.63, 3.8) is 0 Å². The molecule has 0 saturated carbocycles. The third kappa shape index (κ3) is 4.51. The lowest BCUT2D eigenvalue weighted by Crippen LogP contribution is -2.28. The van der Waals surface area contributed by atoms with Crippen LogP contribution in [0.3, 0.4) is 0 Å². The van der Waals surface area contributed by atoms with Crippen LogP contribution in [-0.4, -0.2) is 51.5 Å². The molecule has 8 heteroatoms. The molecule has 33 heavy (non-hydrogen) atoms. The third-order valence-electron chi connectivity index (χ3n) is 5.61. The van der Waals surface area contributed by atoms with Gasteiger partial charge in [-0.1, -0.05) is 48.5 Å². The van der Waals surface area contributed by atoms with Crippen LogP contribution >= 0.6 is 0 Å². The smallest absolute Gasteiger partial charge is 0.200 e. The average molecular weight is 446 g/mol. The van der Waals surface area contributed by atoms with Crippen LogP contribution in [0, 0.1) is 6.92 Å². The van der Waals surface area contributed by atoms with E-state index in [1.54, 1.807) is 16.8 Å². The van der Waals surface area contributed by atoms with Crippen molar-refractivity contribution < 1.29 is 14.6 Å². The number of para-hydroxylation sites is 1. The lowest BCUT2D eigenvalue weighted by atomic mass is 10.0. The molecule has 0 unspecified atom stereocenters. The van der Waals surface area contributed by atoms with Crippen LogP contribution in [-0.2, 0) is 6.54 Å². The van der Waals surface area contributed by atoms with Gasteiger partial charge in [0.25, 0.3) is 0 Å². The number of nitrogens with zero attached hydrogens (tertiary/aromatic N) is 5. The van der Waals surface area contributed by atoms with Crippen molar-refractivity contribution in [1.82, 2.24) is 25.1 Å². The number of aromatic hydroxyl groups is 1. The summed E-state index contributed by atoms with van der Waals surface area (Å²) < 4.78 is 12.5. The topological polar surface area (TPSA) is 85.5 Å². The summed E-state index contributed by atoms with van der Waals surface area (Å²) in [5.74, 6) is 1.41. The summed E-state index contributed by atoms with van der Waals surface area (Å²) in [6.07, 6.45) is 0. The number of hydrogen-bond acceptors (Lipinski definition) is 7. The van der Waals surface area contributed by atoms with Gasteiger partial charge >= 0.3 is 0 Å². The Balaban J connectivity index is 1.77. The van der Waals surface area contributed by atoms with E-state index in [-0.39, 0.29) is 11.8 Å². The summed E-state index contributed by atoms with van der Waals surface area (Å²) >= 11 is 0. The number of tetrazole rings is 1. The van der Waals surface area contributed by atoms with E-state index in [1.165, 1.54) is 14.2 Å². The predicted molar refractivity (Wildman–Crippen MR) is 125 cm³/mol. The Morgan fingerprint density at radius 3 is 2.24 bits per heavy atom. The van der Waals surface area contributed by atoms with E-state index >= 15 is 0 Å². The molecule has 0 bridgehead atoms. The van der Waals surface area contributed by atoms with Crippen molar-refractivity contribution in [1.29, 1.82) is 0 Å². The Labute approximate surface area is 193 Å². The normalized spacial score (nSPS) is 12.0. The standard InChI is InChI=1S/C25H27N5O3/c1-17-10-8-9-13-20(17)30-25(26-27-28-30)23(19-11-6-5-7-12-19)29(2)16-18-14-21(32-3)24(31)22(15-18)33-4/h5-15,23,31H,16H2,1-4H3/t23-/m0/s1. The summed E-state index contributed by atoms with van der Waals surface area (Å²) in [6.45, 7) is 2.57. The molecule has 1 aromatic heterocycles. The van der Waals surface area contributed by atoms with Gasteiger partial charge in [-0.25, -0.2) is 0 Å². The maximum Gasteiger partial charge on any atom is 0.200 e. The van der Waals surface area contributed by atoms with Crippen LogP contribution in [0.5, 0.6) is 17.2 Å². The molecule has 1 heterocycles. The molecule has 0 aliphatic carbocycles. The molecule has 0 radical (unpaired) electrons. The molecule has 0 aliphatic heterocycles. The maximum absolute atomic E-state index is 10.3. The summed E-state index contributed by atoms with van der Waals surface area (Å²) in [7, 11) is 5.05. The second-order valence-corrected chi connectivity index (χ2v) is 7.81. The molecule has 4 aromatic rings. The number of methoxy groups -OCH3 is 2. The minimum atomic E-state index is -0.230. The van der Waals surface area contributed by atoms with E-state index in [4.69, 9.17) is 9.47 Å². The van der Waals surface area contributed by atoms with Crippen LogP contribution < -0.4 is 9.47 Å². The summed E-state index contributed by atoms with van der Waals surface area (Å²) in [6, 6.07) is 21.5. The van der Waals surface area contributed by atoms with Gasteiger partial charge in [0.05, 0.1) is 25.9 Å². The van der Waals surface area contributed by atoms with Gasteiger partial charge in [-0.2, -0.15) is 4.68 Å². The second-order valence-electron chi connectivity index (χ2n) is 7.81. The molecule has 0 aliphatic rings. The Morgan fingerprint density at radius 1 is 0.970 bits per heavy atom. The summed E-state index contributed by atoms with van der Waals surface area (Å²) in [4.78, 5) is 2.15. The minimum absolute atomic E-state index is 0.0190. The highest BCUT2D eigenvalue weighted by Crippen LogP contribution is 2.38. The summed E-state index contributed by atoms with van der Waals surface area (Å²) in [5, 5.41) is 23.0. The fourth-order valence-electron chi connectivity index (χ4n) is 3.99. The Morgan fingerprint density at radius 2 is 1.61 bits per heavy atom. The molecule has 0 fully saturated rings. The monoisotopic (exact) mass is 445 g/mol. The molecule has 3 aromatic carbocycles. The highest BCUT2D eigenvalue weighted by molar-refractivity contribution is 5.52. The minimum Gasteiger partial charge on any atom is -0.502 e. The zero-order valence-electron chi connectivity index (χ0n) is 19.1. The van der Waals surface area contributed by atoms with Gasteiger partial charge in [0.1, 0.15) is 0 Å². The van der Waals surface area contributed by atoms with Crippen molar-refractivity contribution in [3.8, 4) is 22.9 Å². The number of benzene rings is 3. The van der Waals surface area contributed by atoms with Crippen LogP contribution in [0.4, 0.5) is 0 Å². The first-order valence-corrected chi connectivity index (χ1v) is 10.6. The fourth-order valence-corrected chi connectivity index (χ4v) is 3.99. The van der Waals surface area contributed by atoms with Crippen molar-refractivity contribution in [2.45, 2.75) is 19.5 Å². The zero-order valence-corrected chi connectivity index (χ0v) is 19.1. The van der Waals surface area contributed by atoms with Gasteiger partial charge < -0.3 is 14.6 Å². The molecule has 0 amide bonds. The largest absolute Gasteiger partial charge is 0.502 e. The van der Waals surface area contributed by atoms with E-state index in [0.717, 1.165) is 22.4 Å². The van der Waals surface area contributed by atoms with Crippen molar-refractivity contribution in [2.24, 2.45) is 0 Å². The summed E-state index contributed by atoms with van der Waals surface area (Å²) in [5.41, 5.74) is 3.98. The SMILES string of the molecule is COc1cc(CN(C)[C@@H](c2ccccc2)c2nnnn2-c2ccccc2C)cc(OC)c1O. The molecule has 1 N–H and O–H groups in total. The van der Waals surface area contributed by atoms with E-state index in [0.29, 0.717) is 23.9 Å². The lowest BCUT2D eigenvalue weighted by Gasteiger charge is -2.28. The molecular weight excluding hydrogens is 418 g/mol. The van der Waals surface area contributed by atoms with Crippen molar-refractivity contribution in [3.05, 3.63) is 89.2 Å². The highest BCUT2D eigenvalue weighted by Gasteiger charge is 2.27. The second kappa shape index (κ2) is 9.70. The van der Waals surface area contributed by atoms with Crippen molar-refractivity contribution >= 4 is 0 Å². The number of hydrogen-bond donors (Lipinski definition) is 1. The number of aryl methyl sites for hydroxylation is 1. The first kappa shape index (κ1) is 22.3. The van der Waals surface area contributed by atoms with E-state index in [9.17, 15) is 5.11 Å². The molecular formula is C25H27N5O3.